The van der Waals surface area contributed by atoms with E-state index in [-0.39, 0.29) is 5.56 Å². The van der Waals surface area contributed by atoms with E-state index in [9.17, 15) is 9.59 Å². The molecule has 0 atom stereocenters. The first-order chi connectivity index (χ1) is 11.2. The van der Waals surface area contributed by atoms with Crippen LogP contribution in [-0.2, 0) is 4.74 Å². The molecule has 0 radical (unpaired) electrons. The highest BCUT2D eigenvalue weighted by Gasteiger charge is 2.16. The number of ether oxygens (including phenoxy) is 2. The molecule has 0 aliphatic heterocycles. The SMILES string of the molecule is COC(=O)c1cn(-c2ccccc2)c(=O)c2cc(OC)ccc12. The van der Waals surface area contributed by atoms with Crippen molar-refractivity contribution in [3.63, 3.8) is 0 Å². The van der Waals surface area contributed by atoms with Gasteiger partial charge < -0.3 is 9.47 Å². The van der Waals surface area contributed by atoms with Crippen LogP contribution in [0.5, 0.6) is 5.75 Å². The van der Waals surface area contributed by atoms with Gasteiger partial charge in [0.05, 0.1) is 25.2 Å². The second kappa shape index (κ2) is 5.96. The third-order valence-corrected chi connectivity index (χ3v) is 3.66. The van der Waals surface area contributed by atoms with E-state index in [0.717, 1.165) is 0 Å². The van der Waals surface area contributed by atoms with Crippen molar-refractivity contribution >= 4 is 16.7 Å². The zero-order valence-corrected chi connectivity index (χ0v) is 12.8. The Bertz CT molecular complexity index is 929. The van der Waals surface area contributed by atoms with Gasteiger partial charge in [-0.1, -0.05) is 18.2 Å². The molecule has 0 N–H and O–H groups in total. The average molecular weight is 309 g/mol. The number of benzene rings is 2. The van der Waals surface area contributed by atoms with E-state index in [1.165, 1.54) is 25.0 Å². The van der Waals surface area contributed by atoms with Crippen LogP contribution in [0.3, 0.4) is 0 Å². The zero-order valence-electron chi connectivity index (χ0n) is 12.8. The minimum atomic E-state index is -0.496. The molecular weight excluding hydrogens is 294 g/mol. The number of carbonyl (C=O) groups is 1. The summed E-state index contributed by atoms with van der Waals surface area (Å²) in [5.74, 6) is 0.0566. The van der Waals surface area contributed by atoms with Crippen LogP contribution in [0.15, 0.2) is 59.5 Å². The summed E-state index contributed by atoms with van der Waals surface area (Å²) in [5, 5.41) is 0.936. The number of rotatable bonds is 3. The van der Waals surface area contributed by atoms with Crippen LogP contribution in [-0.4, -0.2) is 24.8 Å². The first-order valence-corrected chi connectivity index (χ1v) is 7.03. The summed E-state index contributed by atoms with van der Waals surface area (Å²) in [6.07, 6.45) is 1.51. The first kappa shape index (κ1) is 14.8. The largest absolute Gasteiger partial charge is 0.497 e. The lowest BCUT2D eigenvalue weighted by molar-refractivity contribution is 0.0602. The number of carbonyl (C=O) groups excluding carboxylic acids is 1. The van der Waals surface area contributed by atoms with Gasteiger partial charge in [-0.15, -0.1) is 0 Å². The summed E-state index contributed by atoms with van der Waals surface area (Å²) < 4.78 is 11.5. The number of methoxy groups -OCH3 is 2. The molecule has 0 saturated heterocycles. The molecule has 3 aromatic rings. The van der Waals surface area contributed by atoms with Crippen LogP contribution in [0.4, 0.5) is 0 Å². The van der Waals surface area contributed by atoms with Crippen LogP contribution in [0.2, 0.25) is 0 Å². The lowest BCUT2D eigenvalue weighted by Crippen LogP contribution is -2.21. The fourth-order valence-corrected chi connectivity index (χ4v) is 2.50. The molecule has 0 fully saturated rings. The fourth-order valence-electron chi connectivity index (χ4n) is 2.50. The van der Waals surface area contributed by atoms with Gasteiger partial charge in [-0.2, -0.15) is 0 Å². The van der Waals surface area contributed by atoms with Crippen LogP contribution in [0, 0.1) is 0 Å². The maximum absolute atomic E-state index is 12.8. The number of nitrogens with zero attached hydrogens (tertiary/aromatic N) is 1. The number of hydrogen-bond donors (Lipinski definition) is 0. The molecule has 0 aliphatic rings. The van der Waals surface area contributed by atoms with E-state index in [0.29, 0.717) is 27.8 Å². The summed E-state index contributed by atoms with van der Waals surface area (Å²) in [6.45, 7) is 0. The molecule has 0 spiro atoms. The Hall–Kier alpha value is -3.08. The highest BCUT2D eigenvalue weighted by molar-refractivity contribution is 6.04. The minimum Gasteiger partial charge on any atom is -0.497 e. The molecule has 0 aliphatic carbocycles. The standard InChI is InChI=1S/C18H15NO4/c1-22-13-8-9-14-15(10-13)17(20)19(11-16(14)18(21)23-2)12-6-4-3-5-7-12/h3-11H,1-2H3. The minimum absolute atomic E-state index is 0.224. The number of aromatic nitrogens is 1. The first-order valence-electron chi connectivity index (χ1n) is 7.03. The van der Waals surface area contributed by atoms with E-state index < -0.39 is 5.97 Å². The van der Waals surface area contributed by atoms with Crippen molar-refractivity contribution in [2.45, 2.75) is 0 Å². The number of pyridine rings is 1. The van der Waals surface area contributed by atoms with Gasteiger partial charge in [-0.3, -0.25) is 9.36 Å². The van der Waals surface area contributed by atoms with Gasteiger partial charge in [0.1, 0.15) is 5.75 Å². The molecular formula is C18H15NO4. The maximum Gasteiger partial charge on any atom is 0.340 e. The van der Waals surface area contributed by atoms with Crippen LogP contribution in [0.1, 0.15) is 10.4 Å². The highest BCUT2D eigenvalue weighted by Crippen LogP contribution is 2.23. The molecule has 23 heavy (non-hydrogen) atoms. The lowest BCUT2D eigenvalue weighted by Gasteiger charge is -2.12. The van der Waals surface area contributed by atoms with Gasteiger partial charge in [0, 0.05) is 17.3 Å². The van der Waals surface area contributed by atoms with Gasteiger partial charge in [-0.05, 0) is 30.3 Å². The normalized spacial score (nSPS) is 10.5. The Morgan fingerprint density at radius 2 is 1.74 bits per heavy atom. The molecule has 116 valence electrons. The van der Waals surface area contributed by atoms with Crippen molar-refractivity contribution in [2.24, 2.45) is 0 Å². The summed E-state index contributed by atoms with van der Waals surface area (Å²) in [4.78, 5) is 24.9. The number of hydrogen-bond acceptors (Lipinski definition) is 4. The second-order valence-electron chi connectivity index (χ2n) is 4.96. The van der Waals surface area contributed by atoms with Crippen LogP contribution in [0.25, 0.3) is 16.5 Å². The van der Waals surface area contributed by atoms with E-state index in [4.69, 9.17) is 9.47 Å². The van der Waals surface area contributed by atoms with E-state index in [1.807, 2.05) is 18.2 Å². The highest BCUT2D eigenvalue weighted by atomic mass is 16.5. The molecule has 5 heteroatoms. The molecule has 0 unspecified atom stereocenters. The van der Waals surface area contributed by atoms with Crippen molar-refractivity contribution in [1.29, 1.82) is 0 Å². The lowest BCUT2D eigenvalue weighted by atomic mass is 10.1. The van der Waals surface area contributed by atoms with Crippen molar-refractivity contribution in [3.05, 3.63) is 70.6 Å². The predicted molar refractivity (Wildman–Crippen MR) is 87.4 cm³/mol. The molecule has 0 bridgehead atoms. The molecule has 2 aromatic carbocycles. The topological polar surface area (TPSA) is 57.5 Å². The van der Waals surface area contributed by atoms with Crippen molar-refractivity contribution in [3.8, 4) is 11.4 Å². The number of esters is 1. The zero-order chi connectivity index (χ0) is 16.4. The smallest absolute Gasteiger partial charge is 0.340 e. The number of para-hydroxylation sites is 1. The van der Waals surface area contributed by atoms with Crippen molar-refractivity contribution < 1.29 is 14.3 Å². The summed E-state index contributed by atoms with van der Waals surface area (Å²) >= 11 is 0. The van der Waals surface area contributed by atoms with E-state index >= 15 is 0 Å². The third kappa shape index (κ3) is 2.57. The van der Waals surface area contributed by atoms with Gasteiger partial charge in [0.2, 0.25) is 0 Å². The Balaban J connectivity index is 2.40. The van der Waals surface area contributed by atoms with Gasteiger partial charge in [0.25, 0.3) is 5.56 Å². The predicted octanol–water partition coefficient (Wildman–Crippen LogP) is 2.79. The van der Waals surface area contributed by atoms with E-state index in [2.05, 4.69) is 0 Å². The summed E-state index contributed by atoms with van der Waals surface area (Å²) in [7, 11) is 2.84. The summed E-state index contributed by atoms with van der Waals surface area (Å²) in [6, 6.07) is 14.1. The van der Waals surface area contributed by atoms with Gasteiger partial charge in [-0.25, -0.2) is 4.79 Å². The Kier molecular flexibility index (Phi) is 3.85. The molecule has 0 amide bonds. The van der Waals surface area contributed by atoms with Crippen LogP contribution >= 0.6 is 0 Å². The maximum atomic E-state index is 12.8. The van der Waals surface area contributed by atoms with E-state index in [1.54, 1.807) is 30.3 Å². The average Bonchev–Trinajstić information content (AvgIpc) is 2.62. The van der Waals surface area contributed by atoms with Gasteiger partial charge in [0.15, 0.2) is 0 Å². The van der Waals surface area contributed by atoms with Gasteiger partial charge >= 0.3 is 5.97 Å². The molecule has 3 rings (SSSR count). The fraction of sp³-hybridized carbons (Fsp3) is 0.111. The Labute approximate surface area is 132 Å². The second-order valence-corrected chi connectivity index (χ2v) is 4.96. The Morgan fingerprint density at radius 1 is 1.00 bits per heavy atom. The van der Waals surface area contributed by atoms with Crippen LogP contribution < -0.4 is 10.3 Å². The monoisotopic (exact) mass is 309 g/mol. The summed E-state index contributed by atoms with van der Waals surface area (Å²) in [5.41, 5.74) is 0.777. The molecule has 1 aromatic heterocycles. The molecule has 1 heterocycles. The molecule has 5 nitrogen and oxygen atoms in total. The Morgan fingerprint density at radius 3 is 2.39 bits per heavy atom. The molecule has 0 saturated carbocycles. The number of fused-ring (bicyclic) bond motifs is 1. The third-order valence-electron chi connectivity index (χ3n) is 3.66. The quantitative estimate of drug-likeness (QED) is 0.698. The van der Waals surface area contributed by atoms with Crippen molar-refractivity contribution in [2.75, 3.05) is 14.2 Å². The van der Waals surface area contributed by atoms with Crippen molar-refractivity contribution in [1.82, 2.24) is 4.57 Å².